The van der Waals surface area contributed by atoms with Gasteiger partial charge < -0.3 is 13.3 Å². The summed E-state index contributed by atoms with van der Waals surface area (Å²) in [6, 6.07) is 0. The van der Waals surface area contributed by atoms with Crippen molar-refractivity contribution in [3.8, 4) is 0 Å². The second-order valence-corrected chi connectivity index (χ2v) is 4.06. The Bertz CT molecular complexity index is 205. The maximum atomic E-state index is 11.0. The van der Waals surface area contributed by atoms with Crippen LogP contribution in [-0.4, -0.2) is 37.0 Å². The van der Waals surface area contributed by atoms with E-state index < -0.39 is 27.6 Å². The van der Waals surface area contributed by atoms with E-state index in [2.05, 4.69) is 0 Å². The monoisotopic (exact) mass is 272 g/mol. The van der Waals surface area contributed by atoms with Crippen molar-refractivity contribution in [3.63, 3.8) is 0 Å². The molecule has 3 nitrogen and oxygen atoms in total. The molecule has 98 valence electrons. The normalized spacial score (nSPS) is 10.9. The van der Waals surface area contributed by atoms with Crippen molar-refractivity contribution in [2.45, 2.75) is 6.18 Å². The van der Waals surface area contributed by atoms with E-state index in [1.54, 1.807) is 21.3 Å². The van der Waals surface area contributed by atoms with E-state index in [4.69, 9.17) is 13.3 Å². The molecule has 0 spiro atoms. The lowest BCUT2D eigenvalue weighted by Gasteiger charge is -2.05. The van der Waals surface area contributed by atoms with Crippen LogP contribution >= 0.6 is 0 Å². The average molecular weight is 272 g/mol. The van der Waals surface area contributed by atoms with Crippen LogP contribution in [0.3, 0.4) is 0 Å². The van der Waals surface area contributed by atoms with Crippen molar-refractivity contribution in [1.82, 2.24) is 0 Å². The number of alkyl halides is 3. The van der Waals surface area contributed by atoms with Gasteiger partial charge in [-0.05, 0) is 0 Å². The van der Waals surface area contributed by atoms with E-state index in [-0.39, 0.29) is 0 Å². The molecule has 0 aromatic rings. The minimum absolute atomic E-state index is 1.57. The highest BCUT2D eigenvalue weighted by Gasteiger charge is 2.38. The van der Waals surface area contributed by atoms with E-state index in [9.17, 15) is 26.3 Å². The molecule has 16 heavy (non-hydrogen) atoms. The Morgan fingerprint density at radius 1 is 0.875 bits per heavy atom. The van der Waals surface area contributed by atoms with E-state index in [1.807, 2.05) is 0 Å². The molecule has 0 amide bonds. The molecule has 0 unspecified atom stereocenters. The molecule has 0 aliphatic heterocycles. The lowest BCUT2D eigenvalue weighted by molar-refractivity contribution is -0.113. The van der Waals surface area contributed by atoms with Gasteiger partial charge >= 0.3 is 21.8 Å². The Balaban J connectivity index is 0. The topological polar surface area (TPSA) is 27.7 Å². The van der Waals surface area contributed by atoms with Crippen molar-refractivity contribution in [3.05, 3.63) is 11.9 Å². The van der Waals surface area contributed by atoms with Crippen LogP contribution in [0.15, 0.2) is 11.9 Å². The zero-order valence-corrected chi connectivity index (χ0v) is 9.72. The van der Waals surface area contributed by atoms with Gasteiger partial charge in [0.25, 0.3) is 5.83 Å². The number of hydrogen-bond donors (Lipinski definition) is 0. The minimum atomic E-state index is -5.56. The first-order chi connectivity index (χ1) is 7.20. The van der Waals surface area contributed by atoms with Crippen LogP contribution in [0.25, 0.3) is 0 Å². The molecule has 0 saturated heterocycles. The molecule has 0 rings (SSSR count). The molecule has 0 aliphatic carbocycles. The zero-order valence-electron chi connectivity index (χ0n) is 8.57. The summed E-state index contributed by atoms with van der Waals surface area (Å²) in [5.74, 6) is -3.33. The molecule has 0 radical (unpaired) electrons. The molecule has 0 N–H and O–H groups in total. The smallest absolute Gasteiger partial charge is 0.379 e. The predicted octanol–water partition coefficient (Wildman–Crippen LogP) is 2.27. The Kier molecular flexibility index (Phi) is 9.52. The first-order valence-electron chi connectivity index (χ1n) is 3.57. The molecule has 0 saturated carbocycles. The highest BCUT2D eigenvalue weighted by molar-refractivity contribution is 6.36. The average Bonchev–Trinajstić information content (AvgIpc) is 2.19. The summed E-state index contributed by atoms with van der Waals surface area (Å²) in [6.45, 7) is 0. The maximum absolute atomic E-state index is 11.0. The first kappa shape index (κ1) is 17.8. The summed E-state index contributed by atoms with van der Waals surface area (Å²) >= 11 is 0. The van der Waals surface area contributed by atoms with Gasteiger partial charge in [0, 0.05) is 21.3 Å². The van der Waals surface area contributed by atoms with Crippen LogP contribution in [0.1, 0.15) is 0 Å². The van der Waals surface area contributed by atoms with Gasteiger partial charge in [0.1, 0.15) is 0 Å². The van der Waals surface area contributed by atoms with Gasteiger partial charge in [-0.1, -0.05) is 0 Å². The van der Waals surface area contributed by atoms with Crippen molar-refractivity contribution in [1.29, 1.82) is 0 Å². The van der Waals surface area contributed by atoms with Gasteiger partial charge in [0.15, 0.2) is 0 Å². The SMILES string of the molecule is CO[SiH](OC)OC.FC(F)=C(F)C(F)(F)F. The summed E-state index contributed by atoms with van der Waals surface area (Å²) < 4.78 is 79.0. The number of rotatable bonds is 3. The molecular formula is C6H10F6O3Si. The highest BCUT2D eigenvalue weighted by Crippen LogP contribution is 2.29. The molecular weight excluding hydrogens is 262 g/mol. The van der Waals surface area contributed by atoms with Crippen molar-refractivity contribution >= 4 is 9.53 Å². The van der Waals surface area contributed by atoms with Gasteiger partial charge in [-0.25, -0.2) is 0 Å². The zero-order chi connectivity index (χ0) is 13.4. The van der Waals surface area contributed by atoms with Crippen molar-refractivity contribution in [2.75, 3.05) is 21.3 Å². The van der Waals surface area contributed by atoms with Crippen molar-refractivity contribution < 1.29 is 39.6 Å². The fourth-order valence-electron chi connectivity index (χ4n) is 0.396. The van der Waals surface area contributed by atoms with Gasteiger partial charge in [0.05, 0.1) is 0 Å². The largest absolute Gasteiger partial charge is 0.483 e. The van der Waals surface area contributed by atoms with Crippen molar-refractivity contribution in [2.24, 2.45) is 0 Å². The van der Waals surface area contributed by atoms with Crippen LogP contribution in [0, 0.1) is 0 Å². The summed E-state index contributed by atoms with van der Waals surface area (Å²) in [5.41, 5.74) is 0. The molecule has 0 aromatic heterocycles. The van der Waals surface area contributed by atoms with Crippen LogP contribution in [0.2, 0.25) is 0 Å². The molecule has 0 bridgehead atoms. The first-order valence-corrected chi connectivity index (χ1v) is 4.98. The Morgan fingerprint density at radius 3 is 1.19 bits per heavy atom. The summed E-state index contributed by atoms with van der Waals surface area (Å²) in [4.78, 5) is 0. The second-order valence-electron chi connectivity index (χ2n) is 2.07. The maximum Gasteiger partial charge on any atom is 0.483 e. The Hall–Kier alpha value is -0.583. The van der Waals surface area contributed by atoms with Crippen LogP contribution < -0.4 is 0 Å². The minimum Gasteiger partial charge on any atom is -0.379 e. The molecule has 0 aromatic carbocycles. The van der Waals surface area contributed by atoms with E-state index in [0.29, 0.717) is 0 Å². The Morgan fingerprint density at radius 2 is 1.19 bits per heavy atom. The third-order valence-corrected chi connectivity index (χ3v) is 2.15. The van der Waals surface area contributed by atoms with Gasteiger partial charge in [0.2, 0.25) is 0 Å². The van der Waals surface area contributed by atoms with E-state index >= 15 is 0 Å². The molecule has 0 atom stereocenters. The summed E-state index contributed by atoms with van der Waals surface area (Å²) in [6.07, 6.45) is -8.90. The fraction of sp³-hybridized carbons (Fsp3) is 0.667. The summed E-state index contributed by atoms with van der Waals surface area (Å²) in [7, 11) is 3.05. The van der Waals surface area contributed by atoms with Gasteiger partial charge in [-0.15, -0.1) is 0 Å². The lowest BCUT2D eigenvalue weighted by Crippen LogP contribution is -2.21. The van der Waals surface area contributed by atoms with E-state index in [0.717, 1.165) is 0 Å². The number of allylic oxidation sites excluding steroid dienone is 1. The predicted molar refractivity (Wildman–Crippen MR) is 44.6 cm³/mol. The van der Waals surface area contributed by atoms with Crippen LogP contribution in [0.4, 0.5) is 26.3 Å². The van der Waals surface area contributed by atoms with E-state index in [1.165, 1.54) is 0 Å². The quantitative estimate of drug-likeness (QED) is 0.582. The Labute approximate surface area is 89.6 Å². The third-order valence-electron chi connectivity index (χ3n) is 0.992. The summed E-state index contributed by atoms with van der Waals surface area (Å²) in [5, 5.41) is 0. The number of hydrogen-bond acceptors (Lipinski definition) is 3. The fourth-order valence-corrected chi connectivity index (χ4v) is 0.973. The van der Waals surface area contributed by atoms with Crippen LogP contribution in [-0.2, 0) is 13.3 Å². The van der Waals surface area contributed by atoms with Gasteiger partial charge in [-0.3, -0.25) is 0 Å². The van der Waals surface area contributed by atoms with Gasteiger partial charge in [-0.2, -0.15) is 26.3 Å². The third kappa shape index (κ3) is 8.70. The van der Waals surface area contributed by atoms with Crippen LogP contribution in [0.5, 0.6) is 0 Å². The molecule has 0 fully saturated rings. The molecule has 0 heterocycles. The second kappa shape index (κ2) is 8.56. The molecule has 0 aliphatic rings. The number of halogens is 6. The standard InChI is InChI=1S/C3F6.C3H10O3Si/c4-1(2(5)6)3(7,8)9;1-4-7(5-2)6-3/h;7H,1-3H3. The molecule has 10 heteroatoms. The lowest BCUT2D eigenvalue weighted by atomic mass is 10.6. The highest BCUT2D eigenvalue weighted by atomic mass is 28.3.